The van der Waals surface area contributed by atoms with E-state index in [0.29, 0.717) is 35.8 Å². The van der Waals surface area contributed by atoms with Crippen LogP contribution in [0.1, 0.15) is 39.6 Å². The summed E-state index contributed by atoms with van der Waals surface area (Å²) in [4.78, 5) is 63.9. The van der Waals surface area contributed by atoms with Crippen LogP contribution in [-0.2, 0) is 27.5 Å². The quantitative estimate of drug-likeness (QED) is 0.466. The Morgan fingerprint density at radius 3 is 2.49 bits per heavy atom. The standard InChI is InChI=1S/C23H28ClN7O4S.ClH/c1-30(2)23(35)12-4-6-14(26-19(32)20(33)29-18-7-5-13(24)9-25-18)15(8-12)27-21(34)22-28-16-10-31(3)11-17(16)36-22;/h5,7,9,12,14-15H,4,6,8,10-11H2,1-3H3,(H,26,32)(H,27,34)(H,25,29,33);1H/t12-,14-,15+;/m0./s1. The van der Waals surface area contributed by atoms with E-state index in [-0.39, 0.29) is 36.0 Å². The van der Waals surface area contributed by atoms with Gasteiger partial charge >= 0.3 is 11.8 Å². The summed E-state index contributed by atoms with van der Waals surface area (Å²) in [6, 6.07) is 1.95. The van der Waals surface area contributed by atoms with Gasteiger partial charge in [0.25, 0.3) is 5.91 Å². The van der Waals surface area contributed by atoms with Crippen molar-refractivity contribution in [3.8, 4) is 0 Å². The molecule has 0 saturated heterocycles. The van der Waals surface area contributed by atoms with Crippen molar-refractivity contribution in [3.63, 3.8) is 0 Å². The maximum absolute atomic E-state index is 13.1. The Morgan fingerprint density at radius 1 is 1.08 bits per heavy atom. The van der Waals surface area contributed by atoms with Gasteiger partial charge in [-0.05, 0) is 38.4 Å². The van der Waals surface area contributed by atoms with Crippen LogP contribution in [0, 0.1) is 5.92 Å². The summed E-state index contributed by atoms with van der Waals surface area (Å²) in [6.07, 6.45) is 2.64. The molecule has 3 N–H and O–H groups in total. The third-order valence-corrected chi connectivity index (χ3v) is 7.56. The number of carbonyl (C=O) groups is 4. The first kappa shape index (κ1) is 28.8. The van der Waals surface area contributed by atoms with E-state index in [1.807, 2.05) is 7.05 Å². The molecule has 1 aliphatic carbocycles. The van der Waals surface area contributed by atoms with Gasteiger partial charge < -0.3 is 20.9 Å². The van der Waals surface area contributed by atoms with E-state index in [9.17, 15) is 19.2 Å². The number of aromatic nitrogens is 2. The number of halogens is 2. The first-order valence-electron chi connectivity index (χ1n) is 11.5. The van der Waals surface area contributed by atoms with Crippen LogP contribution in [0.25, 0.3) is 0 Å². The summed E-state index contributed by atoms with van der Waals surface area (Å²) in [5.74, 6) is -2.25. The second-order valence-electron chi connectivity index (χ2n) is 9.28. The zero-order valence-corrected chi connectivity index (χ0v) is 23.0. The molecule has 0 spiro atoms. The largest absolute Gasteiger partial charge is 0.349 e. The maximum Gasteiger partial charge on any atom is 0.314 e. The second-order valence-corrected chi connectivity index (χ2v) is 10.8. The van der Waals surface area contributed by atoms with Gasteiger partial charge in [-0.1, -0.05) is 11.6 Å². The van der Waals surface area contributed by atoms with Gasteiger partial charge in [-0.2, -0.15) is 0 Å². The smallest absolute Gasteiger partial charge is 0.314 e. The van der Waals surface area contributed by atoms with Crippen molar-refractivity contribution in [2.75, 3.05) is 26.5 Å². The fourth-order valence-corrected chi connectivity index (χ4v) is 5.63. The molecule has 3 atom stereocenters. The lowest BCUT2D eigenvalue weighted by molar-refractivity contribution is -0.137. The van der Waals surface area contributed by atoms with E-state index in [4.69, 9.17) is 11.6 Å². The number of thiazole rings is 1. The van der Waals surface area contributed by atoms with Gasteiger partial charge in [0, 0.05) is 50.2 Å². The van der Waals surface area contributed by atoms with Gasteiger partial charge in [-0.15, -0.1) is 23.7 Å². The number of fused-ring (bicyclic) bond motifs is 1. The van der Waals surface area contributed by atoms with Crippen molar-refractivity contribution >= 4 is 64.8 Å². The number of amides is 4. The van der Waals surface area contributed by atoms with Crippen molar-refractivity contribution in [2.45, 2.75) is 44.4 Å². The fraction of sp³-hybridized carbons (Fsp3) is 0.478. The molecule has 11 nitrogen and oxygen atoms in total. The first-order chi connectivity index (χ1) is 17.1. The van der Waals surface area contributed by atoms with Crippen LogP contribution in [0.15, 0.2) is 18.3 Å². The van der Waals surface area contributed by atoms with Crippen molar-refractivity contribution in [1.29, 1.82) is 0 Å². The highest BCUT2D eigenvalue weighted by atomic mass is 35.5. The van der Waals surface area contributed by atoms with Gasteiger partial charge in [0.05, 0.1) is 16.8 Å². The minimum atomic E-state index is -0.887. The van der Waals surface area contributed by atoms with E-state index in [1.54, 1.807) is 20.2 Å². The molecule has 3 heterocycles. The lowest BCUT2D eigenvalue weighted by atomic mass is 9.81. The van der Waals surface area contributed by atoms with Crippen LogP contribution in [0.3, 0.4) is 0 Å². The van der Waals surface area contributed by atoms with E-state index in [2.05, 4.69) is 30.8 Å². The van der Waals surface area contributed by atoms with Gasteiger partial charge in [0.1, 0.15) is 5.82 Å². The van der Waals surface area contributed by atoms with Gasteiger partial charge in [-0.25, -0.2) is 9.97 Å². The molecule has 0 unspecified atom stereocenters. The average Bonchev–Trinajstić information content (AvgIpc) is 3.38. The molecule has 0 radical (unpaired) electrons. The zero-order chi connectivity index (χ0) is 26.0. The highest BCUT2D eigenvalue weighted by Gasteiger charge is 2.37. The van der Waals surface area contributed by atoms with Crippen LogP contribution in [0.5, 0.6) is 0 Å². The molecule has 2 aromatic rings. The molecule has 0 bridgehead atoms. The van der Waals surface area contributed by atoms with Crippen LogP contribution >= 0.6 is 35.3 Å². The number of hydrogen-bond acceptors (Lipinski definition) is 8. The normalized spacial score (nSPS) is 20.8. The molecule has 4 amide bonds. The van der Waals surface area contributed by atoms with Crippen LogP contribution in [0.4, 0.5) is 5.82 Å². The summed E-state index contributed by atoms with van der Waals surface area (Å²) in [5, 5.41) is 8.86. The third kappa shape index (κ3) is 6.95. The van der Waals surface area contributed by atoms with Crippen LogP contribution in [-0.4, -0.2) is 76.6 Å². The lowest BCUT2D eigenvalue weighted by Gasteiger charge is -2.37. The SMILES string of the molecule is CN1Cc2nc(C(=O)N[C@@H]3C[C@@H](C(=O)N(C)C)CC[C@@H]3NC(=O)C(=O)Nc3ccc(Cl)cn3)sc2C1.Cl. The molecule has 200 valence electrons. The number of rotatable bonds is 5. The predicted octanol–water partition coefficient (Wildman–Crippen LogP) is 1.67. The number of anilines is 1. The minimum Gasteiger partial charge on any atom is -0.349 e. The molecule has 2 aromatic heterocycles. The van der Waals surface area contributed by atoms with Gasteiger partial charge in [0.2, 0.25) is 5.91 Å². The van der Waals surface area contributed by atoms with Gasteiger partial charge in [0.15, 0.2) is 5.01 Å². The molecular formula is C23H29Cl2N7O4S. The number of carbonyl (C=O) groups excluding carboxylic acids is 4. The Kier molecular flexibility index (Phi) is 9.46. The minimum absolute atomic E-state index is 0. The van der Waals surface area contributed by atoms with E-state index >= 15 is 0 Å². The summed E-state index contributed by atoms with van der Waals surface area (Å²) in [5.41, 5.74) is 0.897. The summed E-state index contributed by atoms with van der Waals surface area (Å²) in [6.45, 7) is 1.44. The molecule has 37 heavy (non-hydrogen) atoms. The van der Waals surface area contributed by atoms with Crippen molar-refractivity contribution in [3.05, 3.63) is 38.9 Å². The summed E-state index contributed by atoms with van der Waals surface area (Å²) in [7, 11) is 5.37. The Hall–Kier alpha value is -2.80. The second kappa shape index (κ2) is 12.2. The molecule has 4 rings (SSSR count). The lowest BCUT2D eigenvalue weighted by Crippen LogP contribution is -2.57. The molecule has 1 fully saturated rings. The van der Waals surface area contributed by atoms with Crippen molar-refractivity contribution in [1.82, 2.24) is 30.4 Å². The van der Waals surface area contributed by atoms with Crippen molar-refractivity contribution < 1.29 is 19.2 Å². The van der Waals surface area contributed by atoms with Gasteiger partial charge in [-0.3, -0.25) is 24.1 Å². The number of nitrogens with zero attached hydrogens (tertiary/aromatic N) is 4. The van der Waals surface area contributed by atoms with Crippen LogP contribution < -0.4 is 16.0 Å². The Bertz CT molecular complexity index is 1150. The monoisotopic (exact) mass is 569 g/mol. The molecule has 14 heteroatoms. The zero-order valence-electron chi connectivity index (χ0n) is 20.6. The molecule has 1 saturated carbocycles. The first-order valence-corrected chi connectivity index (χ1v) is 12.7. The molecular weight excluding hydrogens is 541 g/mol. The Labute approximate surface area is 229 Å². The number of hydrogen-bond donors (Lipinski definition) is 3. The highest BCUT2D eigenvalue weighted by Crippen LogP contribution is 2.29. The predicted molar refractivity (Wildman–Crippen MR) is 142 cm³/mol. The summed E-state index contributed by atoms with van der Waals surface area (Å²) < 4.78 is 0. The van der Waals surface area contributed by atoms with E-state index in [1.165, 1.54) is 28.5 Å². The number of nitrogens with one attached hydrogen (secondary N) is 3. The van der Waals surface area contributed by atoms with E-state index in [0.717, 1.165) is 17.1 Å². The fourth-order valence-electron chi connectivity index (χ4n) is 4.46. The van der Waals surface area contributed by atoms with Crippen LogP contribution in [0.2, 0.25) is 5.02 Å². The summed E-state index contributed by atoms with van der Waals surface area (Å²) >= 11 is 7.15. The third-order valence-electron chi connectivity index (χ3n) is 6.25. The van der Waals surface area contributed by atoms with Crippen molar-refractivity contribution in [2.24, 2.45) is 5.92 Å². The van der Waals surface area contributed by atoms with E-state index < -0.39 is 23.9 Å². The molecule has 0 aromatic carbocycles. The molecule has 1 aliphatic heterocycles. The average molecular weight is 571 g/mol. The Morgan fingerprint density at radius 2 is 1.84 bits per heavy atom. The maximum atomic E-state index is 13.1. The number of pyridine rings is 1. The Balaban J connectivity index is 0.00000380. The highest BCUT2D eigenvalue weighted by molar-refractivity contribution is 7.13. The molecule has 2 aliphatic rings. The topological polar surface area (TPSA) is 137 Å².